The number of fused-ring (bicyclic) bond motifs is 3. The SMILES string of the molecule is COc1ccc(CNc2nc3c(OC)cccc3c3nc(C4CC(F)(F)CN4)nn23)c(OC)c1. The van der Waals surface area contributed by atoms with Crippen LogP contribution in [0.1, 0.15) is 23.9 Å². The Morgan fingerprint density at radius 3 is 2.62 bits per heavy atom. The molecule has 3 heterocycles. The molecule has 34 heavy (non-hydrogen) atoms. The zero-order valence-electron chi connectivity index (χ0n) is 18.9. The lowest BCUT2D eigenvalue weighted by atomic mass is 10.2. The minimum Gasteiger partial charge on any atom is -0.497 e. The molecule has 9 nitrogen and oxygen atoms in total. The monoisotopic (exact) mass is 470 g/mol. The van der Waals surface area contributed by atoms with Crippen molar-refractivity contribution in [1.29, 1.82) is 0 Å². The Morgan fingerprint density at radius 2 is 1.91 bits per heavy atom. The fourth-order valence-corrected chi connectivity index (χ4v) is 4.12. The van der Waals surface area contributed by atoms with E-state index in [9.17, 15) is 8.78 Å². The molecule has 4 aromatic rings. The van der Waals surface area contributed by atoms with Crippen molar-refractivity contribution in [2.24, 2.45) is 0 Å². The van der Waals surface area contributed by atoms with Crippen molar-refractivity contribution in [3.8, 4) is 17.2 Å². The molecule has 1 saturated heterocycles. The molecule has 178 valence electrons. The summed E-state index contributed by atoms with van der Waals surface area (Å²) in [7, 11) is 4.74. The van der Waals surface area contributed by atoms with Gasteiger partial charge in [0, 0.05) is 30.0 Å². The van der Waals surface area contributed by atoms with Crippen LogP contribution in [0.15, 0.2) is 36.4 Å². The minimum absolute atomic E-state index is 0.291. The van der Waals surface area contributed by atoms with E-state index in [0.717, 1.165) is 5.56 Å². The molecule has 1 unspecified atom stereocenters. The molecule has 0 amide bonds. The molecule has 0 bridgehead atoms. The Kier molecular flexibility index (Phi) is 5.56. The molecule has 0 radical (unpaired) electrons. The lowest BCUT2D eigenvalue weighted by molar-refractivity contribution is 0.0208. The lowest BCUT2D eigenvalue weighted by Gasteiger charge is -2.13. The topological polar surface area (TPSA) is 94.8 Å². The van der Waals surface area contributed by atoms with Gasteiger partial charge in [-0.2, -0.15) is 4.52 Å². The summed E-state index contributed by atoms with van der Waals surface area (Å²) >= 11 is 0. The number of benzene rings is 2. The van der Waals surface area contributed by atoms with Crippen LogP contribution >= 0.6 is 0 Å². The van der Waals surface area contributed by atoms with Gasteiger partial charge in [-0.1, -0.05) is 6.07 Å². The number of alkyl halides is 2. The molecular formula is C23H24F2N6O3. The summed E-state index contributed by atoms with van der Waals surface area (Å²) < 4.78 is 45.4. The Morgan fingerprint density at radius 1 is 1.09 bits per heavy atom. The van der Waals surface area contributed by atoms with Crippen molar-refractivity contribution in [2.45, 2.75) is 24.9 Å². The van der Waals surface area contributed by atoms with E-state index in [1.807, 2.05) is 24.3 Å². The van der Waals surface area contributed by atoms with Crippen molar-refractivity contribution < 1.29 is 23.0 Å². The number of rotatable bonds is 7. The normalized spacial score (nSPS) is 17.3. The zero-order valence-corrected chi connectivity index (χ0v) is 18.9. The van der Waals surface area contributed by atoms with E-state index in [2.05, 4.69) is 20.7 Å². The fraction of sp³-hybridized carbons (Fsp3) is 0.348. The van der Waals surface area contributed by atoms with Crippen molar-refractivity contribution in [1.82, 2.24) is 24.9 Å². The molecule has 2 N–H and O–H groups in total. The van der Waals surface area contributed by atoms with E-state index < -0.39 is 18.5 Å². The summed E-state index contributed by atoms with van der Waals surface area (Å²) in [5.74, 6) is -0.207. The van der Waals surface area contributed by atoms with Gasteiger partial charge < -0.3 is 24.8 Å². The number of nitrogens with zero attached hydrogens (tertiary/aromatic N) is 4. The van der Waals surface area contributed by atoms with Gasteiger partial charge in [-0.3, -0.25) is 0 Å². The number of hydrogen-bond donors (Lipinski definition) is 2. The molecule has 5 rings (SSSR count). The quantitative estimate of drug-likeness (QED) is 0.423. The molecule has 0 saturated carbocycles. The van der Waals surface area contributed by atoms with Gasteiger partial charge in [0.1, 0.15) is 22.8 Å². The van der Waals surface area contributed by atoms with E-state index in [4.69, 9.17) is 19.2 Å². The van der Waals surface area contributed by atoms with Gasteiger partial charge in [0.2, 0.25) is 5.95 Å². The van der Waals surface area contributed by atoms with Crippen LogP contribution in [-0.2, 0) is 6.54 Å². The molecule has 1 atom stereocenters. The number of nitrogens with one attached hydrogen (secondary N) is 2. The summed E-state index contributed by atoms with van der Waals surface area (Å²) in [5.41, 5.74) is 1.96. The summed E-state index contributed by atoms with van der Waals surface area (Å²) in [4.78, 5) is 9.35. The number of halogens is 2. The number of para-hydroxylation sites is 1. The first kappa shape index (κ1) is 22.1. The molecule has 1 aliphatic heterocycles. The molecule has 1 aliphatic rings. The van der Waals surface area contributed by atoms with Gasteiger partial charge in [-0.15, -0.1) is 5.10 Å². The molecule has 0 aliphatic carbocycles. The van der Waals surface area contributed by atoms with Crippen molar-refractivity contribution in [3.63, 3.8) is 0 Å². The van der Waals surface area contributed by atoms with E-state index in [-0.39, 0.29) is 6.42 Å². The van der Waals surface area contributed by atoms with Crippen LogP contribution in [0.25, 0.3) is 16.6 Å². The average molecular weight is 470 g/mol. The largest absolute Gasteiger partial charge is 0.497 e. The van der Waals surface area contributed by atoms with Crippen molar-refractivity contribution in [3.05, 3.63) is 47.8 Å². The second-order valence-corrected chi connectivity index (χ2v) is 8.02. The average Bonchev–Trinajstić information content (AvgIpc) is 3.45. The van der Waals surface area contributed by atoms with Gasteiger partial charge >= 0.3 is 0 Å². The Hall–Kier alpha value is -3.73. The molecule has 11 heteroatoms. The van der Waals surface area contributed by atoms with Crippen LogP contribution in [0.4, 0.5) is 14.7 Å². The van der Waals surface area contributed by atoms with E-state index >= 15 is 0 Å². The molecule has 2 aromatic carbocycles. The van der Waals surface area contributed by atoms with Crippen LogP contribution < -0.4 is 24.8 Å². The second kappa shape index (κ2) is 8.56. The summed E-state index contributed by atoms with van der Waals surface area (Å²) in [6.45, 7) is -0.0344. The maximum atomic E-state index is 13.8. The highest BCUT2D eigenvalue weighted by Crippen LogP contribution is 2.35. The maximum Gasteiger partial charge on any atom is 0.262 e. The van der Waals surface area contributed by atoms with Crippen LogP contribution in [0.5, 0.6) is 17.2 Å². The predicted octanol–water partition coefficient (Wildman–Crippen LogP) is 3.59. The van der Waals surface area contributed by atoms with E-state index in [1.54, 1.807) is 38.0 Å². The highest BCUT2D eigenvalue weighted by molar-refractivity contribution is 5.96. The smallest absolute Gasteiger partial charge is 0.262 e. The van der Waals surface area contributed by atoms with E-state index in [1.165, 1.54) is 0 Å². The highest BCUT2D eigenvalue weighted by Gasteiger charge is 2.41. The lowest BCUT2D eigenvalue weighted by Crippen LogP contribution is -2.19. The van der Waals surface area contributed by atoms with Gasteiger partial charge in [0.05, 0.1) is 33.9 Å². The third kappa shape index (κ3) is 3.92. The fourth-order valence-electron chi connectivity index (χ4n) is 4.12. The second-order valence-electron chi connectivity index (χ2n) is 8.02. The Balaban J connectivity index is 1.58. The highest BCUT2D eigenvalue weighted by atomic mass is 19.3. The minimum atomic E-state index is -2.79. The third-order valence-corrected chi connectivity index (χ3v) is 5.85. The van der Waals surface area contributed by atoms with Crippen LogP contribution in [0.3, 0.4) is 0 Å². The summed E-state index contributed by atoms with van der Waals surface area (Å²) in [6.07, 6.45) is -0.357. The number of ether oxygens (including phenoxy) is 3. The van der Waals surface area contributed by atoms with Crippen LogP contribution in [-0.4, -0.2) is 53.4 Å². The van der Waals surface area contributed by atoms with Crippen LogP contribution in [0, 0.1) is 0 Å². The van der Waals surface area contributed by atoms with Crippen molar-refractivity contribution >= 4 is 22.5 Å². The molecule has 2 aromatic heterocycles. The summed E-state index contributed by atoms with van der Waals surface area (Å²) in [6, 6.07) is 10.4. The van der Waals surface area contributed by atoms with Crippen LogP contribution in [0.2, 0.25) is 0 Å². The number of hydrogen-bond acceptors (Lipinski definition) is 8. The third-order valence-electron chi connectivity index (χ3n) is 5.85. The predicted molar refractivity (Wildman–Crippen MR) is 122 cm³/mol. The van der Waals surface area contributed by atoms with Gasteiger partial charge in [-0.25, -0.2) is 18.7 Å². The first-order valence-corrected chi connectivity index (χ1v) is 10.7. The Bertz CT molecular complexity index is 1360. The maximum absolute atomic E-state index is 13.8. The molecule has 0 spiro atoms. The first-order valence-electron chi connectivity index (χ1n) is 10.7. The number of anilines is 1. The molecular weight excluding hydrogens is 446 g/mol. The first-order chi connectivity index (χ1) is 16.4. The summed E-state index contributed by atoms with van der Waals surface area (Å²) in [5, 5.41) is 11.3. The van der Waals surface area contributed by atoms with Gasteiger partial charge in [0.25, 0.3) is 5.92 Å². The zero-order chi connectivity index (χ0) is 23.9. The number of methoxy groups -OCH3 is 3. The Labute approximate surface area is 194 Å². The van der Waals surface area contributed by atoms with Gasteiger partial charge in [0.15, 0.2) is 11.5 Å². The molecule has 1 fully saturated rings. The van der Waals surface area contributed by atoms with E-state index in [0.29, 0.717) is 52.1 Å². The standard InChI is InChI=1S/C23H24F2N6O3/c1-32-14-8-7-13(18(9-14)34-3)11-26-22-28-19-15(5-4-6-17(19)33-2)21-29-20(30-31(21)22)16-10-23(24,25)12-27-16/h4-9,16,27H,10-12H2,1-3H3,(H,26,28). The van der Waals surface area contributed by atoms with Crippen molar-refractivity contribution in [2.75, 3.05) is 33.2 Å². The van der Waals surface area contributed by atoms with Gasteiger partial charge in [-0.05, 0) is 24.3 Å². The number of aromatic nitrogens is 4.